The van der Waals surface area contributed by atoms with E-state index >= 15 is 0 Å². The van der Waals surface area contributed by atoms with Crippen LogP contribution in [-0.4, -0.2) is 79.1 Å². The Kier molecular flexibility index (Phi) is 5.06. The third kappa shape index (κ3) is 3.73. The molecule has 3 heterocycles. The molecule has 0 bridgehead atoms. The van der Waals surface area contributed by atoms with Crippen LogP contribution in [0.3, 0.4) is 0 Å². The quantitative estimate of drug-likeness (QED) is 0.832. The summed E-state index contributed by atoms with van der Waals surface area (Å²) in [7, 11) is 2.14. The monoisotopic (exact) mass is 343 g/mol. The number of benzene rings is 1. The van der Waals surface area contributed by atoms with E-state index in [4.69, 9.17) is 4.74 Å². The van der Waals surface area contributed by atoms with Crippen molar-refractivity contribution in [3.8, 4) is 0 Å². The SMILES string of the molecule is CN1CCC(C(=O)N2C[C@@H]3OCCN(Cc4ccccc4)[C@@H]3C2)CC1. The Hall–Kier alpha value is -1.43. The lowest BCUT2D eigenvalue weighted by Gasteiger charge is -2.36. The molecule has 3 aliphatic rings. The van der Waals surface area contributed by atoms with Crippen molar-refractivity contribution >= 4 is 5.91 Å². The second-order valence-electron chi connectivity index (χ2n) is 7.75. The summed E-state index contributed by atoms with van der Waals surface area (Å²) in [6, 6.07) is 10.9. The summed E-state index contributed by atoms with van der Waals surface area (Å²) >= 11 is 0. The Morgan fingerprint density at radius 3 is 2.64 bits per heavy atom. The number of fused-ring (bicyclic) bond motifs is 1. The number of morpholine rings is 1. The first-order chi connectivity index (χ1) is 12.2. The maximum Gasteiger partial charge on any atom is 0.225 e. The van der Waals surface area contributed by atoms with E-state index in [0.717, 1.165) is 58.7 Å². The Balaban J connectivity index is 1.39. The van der Waals surface area contributed by atoms with Crippen LogP contribution in [0.4, 0.5) is 0 Å². The average Bonchev–Trinajstić information content (AvgIpc) is 3.08. The third-order valence-corrected chi connectivity index (χ3v) is 6.02. The molecule has 0 saturated carbocycles. The van der Waals surface area contributed by atoms with E-state index in [0.29, 0.717) is 11.9 Å². The van der Waals surface area contributed by atoms with Gasteiger partial charge in [0.05, 0.1) is 18.8 Å². The average molecular weight is 343 g/mol. The second kappa shape index (κ2) is 7.44. The molecular weight excluding hydrogens is 314 g/mol. The molecule has 1 amide bonds. The molecule has 5 heteroatoms. The summed E-state index contributed by atoms with van der Waals surface area (Å²) < 4.78 is 6.01. The highest BCUT2D eigenvalue weighted by Crippen LogP contribution is 2.27. The highest BCUT2D eigenvalue weighted by molar-refractivity contribution is 5.79. The first-order valence-electron chi connectivity index (χ1n) is 9.57. The molecule has 3 aliphatic heterocycles. The van der Waals surface area contributed by atoms with E-state index in [1.807, 2.05) is 0 Å². The maximum absolute atomic E-state index is 12.9. The lowest BCUT2D eigenvalue weighted by Crippen LogP contribution is -2.50. The Morgan fingerprint density at radius 1 is 1.12 bits per heavy atom. The summed E-state index contributed by atoms with van der Waals surface area (Å²) in [6.07, 6.45) is 2.17. The summed E-state index contributed by atoms with van der Waals surface area (Å²) in [6.45, 7) is 6.32. The Morgan fingerprint density at radius 2 is 1.88 bits per heavy atom. The van der Waals surface area contributed by atoms with Gasteiger partial charge in [0.1, 0.15) is 0 Å². The lowest BCUT2D eigenvalue weighted by molar-refractivity contribution is -0.136. The van der Waals surface area contributed by atoms with Crippen LogP contribution in [0.1, 0.15) is 18.4 Å². The molecular formula is C20H29N3O2. The number of carbonyl (C=O) groups is 1. The van der Waals surface area contributed by atoms with Crippen molar-refractivity contribution in [1.82, 2.24) is 14.7 Å². The van der Waals surface area contributed by atoms with Gasteiger partial charge in [-0.05, 0) is 38.5 Å². The molecule has 0 aromatic heterocycles. The zero-order chi connectivity index (χ0) is 17.2. The van der Waals surface area contributed by atoms with Crippen molar-refractivity contribution in [2.45, 2.75) is 31.5 Å². The molecule has 25 heavy (non-hydrogen) atoms. The summed E-state index contributed by atoms with van der Waals surface area (Å²) in [5.41, 5.74) is 1.34. The van der Waals surface area contributed by atoms with Gasteiger partial charge in [-0.1, -0.05) is 30.3 Å². The second-order valence-corrected chi connectivity index (χ2v) is 7.75. The van der Waals surface area contributed by atoms with Crippen LogP contribution in [0.15, 0.2) is 30.3 Å². The van der Waals surface area contributed by atoms with Gasteiger partial charge in [-0.15, -0.1) is 0 Å². The van der Waals surface area contributed by atoms with Gasteiger partial charge in [-0.3, -0.25) is 9.69 Å². The smallest absolute Gasteiger partial charge is 0.225 e. The molecule has 1 aromatic rings. The molecule has 4 rings (SSSR count). The highest BCUT2D eigenvalue weighted by atomic mass is 16.5. The van der Waals surface area contributed by atoms with Crippen LogP contribution < -0.4 is 0 Å². The molecule has 5 nitrogen and oxygen atoms in total. The van der Waals surface area contributed by atoms with Gasteiger partial charge in [-0.25, -0.2) is 0 Å². The molecule has 0 unspecified atom stereocenters. The van der Waals surface area contributed by atoms with Crippen molar-refractivity contribution < 1.29 is 9.53 Å². The predicted molar refractivity (Wildman–Crippen MR) is 97.2 cm³/mol. The van der Waals surface area contributed by atoms with Gasteiger partial charge in [0.2, 0.25) is 5.91 Å². The van der Waals surface area contributed by atoms with Crippen molar-refractivity contribution in [2.24, 2.45) is 5.92 Å². The molecule has 2 atom stereocenters. The van der Waals surface area contributed by atoms with Crippen LogP contribution in [-0.2, 0) is 16.1 Å². The third-order valence-electron chi connectivity index (χ3n) is 6.02. The maximum atomic E-state index is 12.9. The summed E-state index contributed by atoms with van der Waals surface area (Å²) in [5.74, 6) is 0.560. The minimum atomic E-state index is 0.174. The van der Waals surface area contributed by atoms with Crippen molar-refractivity contribution in [2.75, 3.05) is 46.4 Å². The van der Waals surface area contributed by atoms with E-state index < -0.39 is 0 Å². The fourth-order valence-corrected chi connectivity index (χ4v) is 4.47. The standard InChI is InChI=1S/C20H29N3O2/c1-21-9-7-17(8-10-21)20(24)23-14-18-19(15-23)25-12-11-22(18)13-16-5-3-2-4-6-16/h2-6,17-19H,7-15H2,1H3/t18-,19+/m1/s1. The van der Waals surface area contributed by atoms with Gasteiger partial charge in [-0.2, -0.15) is 0 Å². The molecule has 0 aliphatic carbocycles. The largest absolute Gasteiger partial charge is 0.373 e. The van der Waals surface area contributed by atoms with Gasteiger partial charge in [0, 0.05) is 32.1 Å². The Labute approximate surface area is 150 Å². The van der Waals surface area contributed by atoms with Gasteiger partial charge in [0.25, 0.3) is 0 Å². The summed E-state index contributed by atoms with van der Waals surface area (Å²) in [5, 5.41) is 0. The first-order valence-corrected chi connectivity index (χ1v) is 9.57. The Bertz CT molecular complexity index is 586. The number of amides is 1. The van der Waals surface area contributed by atoms with E-state index in [1.54, 1.807) is 0 Å². The number of hydrogen-bond donors (Lipinski definition) is 0. The van der Waals surface area contributed by atoms with Crippen LogP contribution in [0, 0.1) is 5.92 Å². The van der Waals surface area contributed by atoms with Crippen molar-refractivity contribution in [1.29, 1.82) is 0 Å². The minimum Gasteiger partial charge on any atom is -0.373 e. The van der Waals surface area contributed by atoms with E-state index in [2.05, 4.69) is 52.1 Å². The lowest BCUT2D eigenvalue weighted by atomic mass is 9.96. The molecule has 0 N–H and O–H groups in total. The molecule has 3 fully saturated rings. The van der Waals surface area contributed by atoms with Gasteiger partial charge in [0.15, 0.2) is 0 Å². The number of piperidine rings is 1. The first kappa shape index (κ1) is 17.0. The van der Waals surface area contributed by atoms with Crippen LogP contribution in [0.2, 0.25) is 0 Å². The topological polar surface area (TPSA) is 36.0 Å². The minimum absolute atomic E-state index is 0.174. The number of rotatable bonds is 3. The molecule has 136 valence electrons. The molecule has 0 radical (unpaired) electrons. The zero-order valence-corrected chi connectivity index (χ0v) is 15.1. The van der Waals surface area contributed by atoms with Gasteiger partial charge >= 0.3 is 0 Å². The molecule has 3 saturated heterocycles. The van der Waals surface area contributed by atoms with Gasteiger partial charge < -0.3 is 14.5 Å². The number of hydrogen-bond acceptors (Lipinski definition) is 4. The zero-order valence-electron chi connectivity index (χ0n) is 15.1. The normalized spacial score (nSPS) is 28.9. The van der Waals surface area contributed by atoms with Crippen LogP contribution >= 0.6 is 0 Å². The molecule has 1 aromatic carbocycles. The fourth-order valence-electron chi connectivity index (χ4n) is 4.47. The van der Waals surface area contributed by atoms with E-state index in [9.17, 15) is 4.79 Å². The van der Waals surface area contributed by atoms with Crippen LogP contribution in [0.5, 0.6) is 0 Å². The number of nitrogens with zero attached hydrogens (tertiary/aromatic N) is 3. The van der Waals surface area contributed by atoms with Crippen LogP contribution in [0.25, 0.3) is 0 Å². The summed E-state index contributed by atoms with van der Waals surface area (Å²) in [4.78, 5) is 19.8. The fraction of sp³-hybridized carbons (Fsp3) is 0.650. The van der Waals surface area contributed by atoms with E-state index in [-0.39, 0.29) is 12.0 Å². The molecule has 0 spiro atoms. The number of carbonyl (C=O) groups excluding carboxylic acids is 1. The predicted octanol–water partition coefficient (Wildman–Crippen LogP) is 1.44. The van der Waals surface area contributed by atoms with E-state index in [1.165, 1.54) is 5.56 Å². The number of ether oxygens (including phenoxy) is 1. The van der Waals surface area contributed by atoms with Crippen molar-refractivity contribution in [3.63, 3.8) is 0 Å². The highest BCUT2D eigenvalue weighted by Gasteiger charge is 2.43. The number of likely N-dealkylation sites (tertiary alicyclic amines) is 2. The van der Waals surface area contributed by atoms with Crippen molar-refractivity contribution in [3.05, 3.63) is 35.9 Å².